The molecule has 152 valence electrons. The van der Waals surface area contributed by atoms with Crippen LogP contribution in [0.25, 0.3) is 11.1 Å². The molecule has 1 aromatic heterocycles. The zero-order chi connectivity index (χ0) is 20.7. The highest BCUT2D eigenvalue weighted by molar-refractivity contribution is 7.89. The van der Waals surface area contributed by atoms with E-state index in [1.165, 1.54) is 24.3 Å². The summed E-state index contributed by atoms with van der Waals surface area (Å²) in [7, 11) is -3.94. The lowest BCUT2D eigenvalue weighted by Gasteiger charge is -2.27. The molecule has 0 bridgehead atoms. The van der Waals surface area contributed by atoms with Gasteiger partial charge in [0.1, 0.15) is 6.10 Å². The smallest absolute Gasteiger partial charge is 0.417 e. The molecule has 0 unspecified atom stereocenters. The van der Waals surface area contributed by atoms with E-state index in [0.717, 1.165) is 12.5 Å². The lowest BCUT2D eigenvalue weighted by molar-refractivity contribution is -0.137. The minimum atomic E-state index is -4.61. The summed E-state index contributed by atoms with van der Waals surface area (Å²) in [5.74, 6) is -0.0662. The number of primary sulfonamides is 1. The maximum absolute atomic E-state index is 13.1. The monoisotopic (exact) mass is 416 g/mol. The highest BCUT2D eigenvalue weighted by Gasteiger charge is 2.39. The topological polar surface area (TPSA) is 103 Å². The first-order chi connectivity index (χ1) is 12.9. The molecule has 1 saturated carbocycles. The summed E-state index contributed by atoms with van der Waals surface area (Å²) in [6.45, 7) is 1.61. The van der Waals surface area contributed by atoms with Crippen LogP contribution in [0.4, 0.5) is 13.2 Å². The molecule has 0 aliphatic heterocycles. The van der Waals surface area contributed by atoms with Gasteiger partial charge in [0, 0.05) is 11.8 Å². The van der Waals surface area contributed by atoms with Crippen molar-refractivity contribution in [3.05, 3.63) is 42.1 Å². The second-order valence-electron chi connectivity index (χ2n) is 7.00. The predicted molar refractivity (Wildman–Crippen MR) is 94.9 cm³/mol. The van der Waals surface area contributed by atoms with Gasteiger partial charge in [0.15, 0.2) is 0 Å². The largest absolute Gasteiger partial charge is 0.471 e. The van der Waals surface area contributed by atoms with Crippen molar-refractivity contribution in [2.45, 2.75) is 49.0 Å². The van der Waals surface area contributed by atoms with Gasteiger partial charge in [0.25, 0.3) is 0 Å². The van der Waals surface area contributed by atoms with Crippen molar-refractivity contribution < 1.29 is 31.4 Å². The molecule has 1 heterocycles. The third kappa shape index (κ3) is 4.29. The fourth-order valence-electron chi connectivity index (χ4n) is 3.17. The number of sulfonamides is 1. The first kappa shape index (κ1) is 20.6. The summed E-state index contributed by atoms with van der Waals surface area (Å²) < 4.78 is 68.0. The van der Waals surface area contributed by atoms with Gasteiger partial charge in [0.05, 0.1) is 16.1 Å². The minimum absolute atomic E-state index is 0.0403. The van der Waals surface area contributed by atoms with Crippen LogP contribution in [0.15, 0.2) is 41.4 Å². The molecule has 28 heavy (non-hydrogen) atoms. The number of hydrogen-bond acceptors (Lipinski definition) is 5. The van der Waals surface area contributed by atoms with Crippen LogP contribution in [0.2, 0.25) is 0 Å². The average molecular weight is 416 g/mol. The van der Waals surface area contributed by atoms with Crippen LogP contribution in [-0.2, 0) is 16.2 Å². The number of nitrogens with zero attached hydrogens (tertiary/aromatic N) is 1. The Morgan fingerprint density at radius 3 is 2.43 bits per heavy atom. The zero-order valence-corrected chi connectivity index (χ0v) is 15.7. The van der Waals surface area contributed by atoms with Crippen LogP contribution >= 0.6 is 0 Å². The molecule has 3 rings (SSSR count). The van der Waals surface area contributed by atoms with E-state index in [2.05, 4.69) is 4.98 Å². The number of hydrogen-bond donors (Lipinski definition) is 2. The molecule has 1 aliphatic rings. The van der Waals surface area contributed by atoms with Gasteiger partial charge in [0.2, 0.25) is 15.9 Å². The number of ether oxygens (including phenoxy) is 1. The standard InChI is InChI=1S/C18H19F3N2O4S/c1-17(24)8-2-3-15(17)27-16-14(9-12(10-23-16)18(19,20)21)11-4-6-13(7-5-11)28(22,25)26/h4-7,9-10,15,24H,2-3,8H2,1H3,(H2,22,25,26)/t15-,17-/m1/s1. The number of aliphatic hydroxyl groups is 1. The quantitative estimate of drug-likeness (QED) is 0.797. The van der Waals surface area contributed by atoms with Crippen molar-refractivity contribution in [3.63, 3.8) is 0 Å². The maximum atomic E-state index is 13.1. The van der Waals surface area contributed by atoms with Crippen LogP contribution < -0.4 is 9.88 Å². The molecule has 0 saturated heterocycles. The number of rotatable bonds is 4. The summed E-state index contributed by atoms with van der Waals surface area (Å²) in [4.78, 5) is 3.66. The Morgan fingerprint density at radius 2 is 1.93 bits per heavy atom. The van der Waals surface area contributed by atoms with Crippen LogP contribution in [-0.4, -0.2) is 30.2 Å². The van der Waals surface area contributed by atoms with E-state index in [1.807, 2.05) is 0 Å². The molecule has 1 aliphatic carbocycles. The first-order valence-electron chi connectivity index (χ1n) is 8.47. The molecule has 0 amide bonds. The Kier molecular flexibility index (Phi) is 5.15. The summed E-state index contributed by atoms with van der Waals surface area (Å²) in [5.41, 5.74) is -1.76. The van der Waals surface area contributed by atoms with Crippen molar-refractivity contribution in [3.8, 4) is 17.0 Å². The highest BCUT2D eigenvalue weighted by atomic mass is 32.2. The normalized spacial score (nSPS) is 23.0. The number of pyridine rings is 1. The van der Waals surface area contributed by atoms with Crippen LogP contribution in [0.3, 0.4) is 0 Å². The average Bonchev–Trinajstić information content (AvgIpc) is 2.92. The molecule has 1 fully saturated rings. The van der Waals surface area contributed by atoms with E-state index in [0.29, 0.717) is 19.0 Å². The molecule has 0 radical (unpaired) electrons. The van der Waals surface area contributed by atoms with Gasteiger partial charge in [-0.25, -0.2) is 18.5 Å². The van der Waals surface area contributed by atoms with Crippen molar-refractivity contribution in [2.24, 2.45) is 5.14 Å². The predicted octanol–water partition coefficient (Wildman–Crippen LogP) is 3.10. The zero-order valence-electron chi connectivity index (χ0n) is 14.9. The number of alkyl halides is 3. The van der Waals surface area contributed by atoms with E-state index in [-0.39, 0.29) is 21.9 Å². The van der Waals surface area contributed by atoms with Crippen molar-refractivity contribution in [2.75, 3.05) is 0 Å². The molecule has 6 nitrogen and oxygen atoms in total. The van der Waals surface area contributed by atoms with Gasteiger partial charge in [-0.2, -0.15) is 13.2 Å². The summed E-state index contributed by atoms with van der Waals surface area (Å²) in [6.07, 6.45) is -2.78. The van der Waals surface area contributed by atoms with E-state index >= 15 is 0 Å². The number of aromatic nitrogens is 1. The molecule has 1 aromatic carbocycles. The maximum Gasteiger partial charge on any atom is 0.417 e. The summed E-state index contributed by atoms with van der Waals surface area (Å²) in [6, 6.07) is 5.94. The third-order valence-corrected chi connectivity index (χ3v) is 5.70. The van der Waals surface area contributed by atoms with E-state index in [4.69, 9.17) is 9.88 Å². The third-order valence-electron chi connectivity index (χ3n) is 4.77. The fourth-order valence-corrected chi connectivity index (χ4v) is 3.69. The first-order valence-corrected chi connectivity index (χ1v) is 10.0. The van der Waals surface area contributed by atoms with Gasteiger partial charge < -0.3 is 9.84 Å². The minimum Gasteiger partial charge on any atom is -0.471 e. The van der Waals surface area contributed by atoms with Gasteiger partial charge in [-0.05, 0) is 49.9 Å². The lowest BCUT2D eigenvalue weighted by atomic mass is 10.0. The number of benzene rings is 1. The molecule has 2 aromatic rings. The van der Waals surface area contributed by atoms with E-state index in [1.54, 1.807) is 6.92 Å². The molecule has 2 atom stereocenters. The van der Waals surface area contributed by atoms with Crippen LogP contribution in [0, 0.1) is 0 Å². The molecule has 3 N–H and O–H groups in total. The van der Waals surface area contributed by atoms with Crippen molar-refractivity contribution >= 4 is 10.0 Å². The van der Waals surface area contributed by atoms with Crippen molar-refractivity contribution in [1.29, 1.82) is 0 Å². The second-order valence-corrected chi connectivity index (χ2v) is 8.56. The Labute approximate surface area is 160 Å². The second kappa shape index (κ2) is 7.02. The van der Waals surface area contributed by atoms with E-state index in [9.17, 15) is 26.7 Å². The van der Waals surface area contributed by atoms with E-state index < -0.39 is 33.5 Å². The van der Waals surface area contributed by atoms with Crippen LogP contribution in [0.5, 0.6) is 5.88 Å². The summed E-state index contributed by atoms with van der Waals surface area (Å²) >= 11 is 0. The number of halogens is 3. The van der Waals surface area contributed by atoms with Crippen molar-refractivity contribution in [1.82, 2.24) is 4.98 Å². The Balaban J connectivity index is 2.05. The Hall–Kier alpha value is -2.17. The molecule has 0 spiro atoms. The summed E-state index contributed by atoms with van der Waals surface area (Å²) in [5, 5.41) is 15.4. The van der Waals surface area contributed by atoms with Gasteiger partial charge in [-0.1, -0.05) is 12.1 Å². The van der Waals surface area contributed by atoms with Gasteiger partial charge in [-0.3, -0.25) is 0 Å². The van der Waals surface area contributed by atoms with Gasteiger partial charge in [-0.15, -0.1) is 0 Å². The fraction of sp³-hybridized carbons (Fsp3) is 0.389. The van der Waals surface area contributed by atoms with Crippen LogP contribution in [0.1, 0.15) is 31.7 Å². The molecular formula is C18H19F3N2O4S. The Morgan fingerprint density at radius 1 is 1.29 bits per heavy atom. The van der Waals surface area contributed by atoms with Gasteiger partial charge >= 0.3 is 6.18 Å². The molecule has 10 heteroatoms. The Bertz CT molecular complexity index is 973. The number of nitrogens with two attached hydrogens (primary N) is 1. The highest BCUT2D eigenvalue weighted by Crippen LogP contribution is 2.39. The SMILES string of the molecule is C[C@@]1(O)CCC[C@H]1Oc1ncc(C(F)(F)F)cc1-c1ccc(S(N)(=O)=O)cc1. The molecular weight excluding hydrogens is 397 g/mol. The lowest BCUT2D eigenvalue weighted by Crippen LogP contribution is -2.38.